The summed E-state index contributed by atoms with van der Waals surface area (Å²) in [6.07, 6.45) is 0. The molecule has 1 heterocycles. The fourth-order valence-corrected chi connectivity index (χ4v) is 4.20. The number of tetrazole rings is 1. The van der Waals surface area contributed by atoms with Gasteiger partial charge in [-0.15, -0.1) is 5.10 Å². The molecule has 3 aromatic carbocycles. The topological polar surface area (TPSA) is 74.1 Å². The van der Waals surface area contributed by atoms with E-state index < -0.39 is 0 Å². The lowest BCUT2D eigenvalue weighted by atomic mass is 10.2. The number of nitrogens with zero attached hydrogens (tertiary/aromatic N) is 4. The second-order valence-electron chi connectivity index (χ2n) is 7.21. The Kier molecular flexibility index (Phi) is 8.35. The number of rotatable bonds is 11. The zero-order valence-corrected chi connectivity index (χ0v) is 20.0. The Morgan fingerprint density at radius 2 is 1.82 bits per heavy atom. The molecule has 10 heteroatoms. The van der Waals surface area contributed by atoms with E-state index in [9.17, 15) is 4.39 Å². The predicted octanol–water partition coefficient (Wildman–Crippen LogP) is 4.92. The summed E-state index contributed by atoms with van der Waals surface area (Å²) in [7, 11) is 1.56. The van der Waals surface area contributed by atoms with Crippen LogP contribution < -0.4 is 14.8 Å². The van der Waals surface area contributed by atoms with Gasteiger partial charge in [-0.25, -0.2) is 4.39 Å². The molecule has 0 radical (unpaired) electrons. The number of thioether (sulfide) groups is 1. The van der Waals surface area contributed by atoms with E-state index in [0.29, 0.717) is 28.6 Å². The van der Waals surface area contributed by atoms with Crippen molar-refractivity contribution in [3.8, 4) is 17.2 Å². The van der Waals surface area contributed by atoms with Gasteiger partial charge in [0.25, 0.3) is 0 Å². The molecule has 0 saturated carbocycles. The maximum atomic E-state index is 13.9. The van der Waals surface area contributed by atoms with Gasteiger partial charge in [0, 0.05) is 35.5 Å². The summed E-state index contributed by atoms with van der Waals surface area (Å²) in [5.74, 6) is 1.45. The summed E-state index contributed by atoms with van der Waals surface area (Å²) in [4.78, 5) is 0. The fourth-order valence-electron chi connectivity index (χ4n) is 3.19. The average molecular weight is 500 g/mol. The zero-order chi connectivity index (χ0) is 23.8. The molecule has 7 nitrogen and oxygen atoms in total. The van der Waals surface area contributed by atoms with Gasteiger partial charge in [-0.2, -0.15) is 4.68 Å². The van der Waals surface area contributed by atoms with Crippen LogP contribution >= 0.6 is 23.4 Å². The quantitative estimate of drug-likeness (QED) is 0.232. The third kappa shape index (κ3) is 6.05. The molecule has 0 aliphatic heterocycles. The van der Waals surface area contributed by atoms with E-state index in [0.717, 1.165) is 28.7 Å². The zero-order valence-electron chi connectivity index (χ0n) is 18.4. The number of benzene rings is 3. The van der Waals surface area contributed by atoms with Crippen LogP contribution in [0.25, 0.3) is 5.69 Å². The Morgan fingerprint density at radius 3 is 2.62 bits per heavy atom. The summed E-state index contributed by atoms with van der Waals surface area (Å²) in [5, 5.41) is 16.6. The molecule has 1 N–H and O–H groups in total. The van der Waals surface area contributed by atoms with E-state index in [1.807, 2.05) is 36.4 Å². The van der Waals surface area contributed by atoms with Gasteiger partial charge in [0.2, 0.25) is 5.16 Å². The molecular formula is C24H23ClFN5O2S. The number of hydrogen-bond donors (Lipinski definition) is 1. The maximum absolute atomic E-state index is 13.9. The summed E-state index contributed by atoms with van der Waals surface area (Å²) in [6.45, 7) is 1.35. The van der Waals surface area contributed by atoms with E-state index >= 15 is 0 Å². The second-order valence-corrected chi connectivity index (χ2v) is 8.68. The van der Waals surface area contributed by atoms with Crippen LogP contribution in [-0.2, 0) is 13.2 Å². The third-order valence-corrected chi connectivity index (χ3v) is 6.21. The van der Waals surface area contributed by atoms with E-state index in [1.54, 1.807) is 47.8 Å². The van der Waals surface area contributed by atoms with Crippen LogP contribution in [0.3, 0.4) is 0 Å². The number of halogens is 2. The van der Waals surface area contributed by atoms with Gasteiger partial charge in [-0.05, 0) is 40.3 Å². The minimum atomic E-state index is -0.316. The van der Waals surface area contributed by atoms with Crippen molar-refractivity contribution in [1.82, 2.24) is 25.5 Å². The normalized spacial score (nSPS) is 10.9. The van der Waals surface area contributed by atoms with Crippen LogP contribution in [0, 0.1) is 5.82 Å². The molecule has 0 atom stereocenters. The van der Waals surface area contributed by atoms with Gasteiger partial charge >= 0.3 is 0 Å². The highest BCUT2D eigenvalue weighted by Gasteiger charge is 2.12. The van der Waals surface area contributed by atoms with E-state index in [1.165, 1.54) is 6.07 Å². The number of aromatic nitrogens is 4. The van der Waals surface area contributed by atoms with Gasteiger partial charge in [-0.1, -0.05) is 59.8 Å². The molecular weight excluding hydrogens is 477 g/mol. The molecule has 34 heavy (non-hydrogen) atoms. The van der Waals surface area contributed by atoms with Crippen molar-refractivity contribution in [2.24, 2.45) is 0 Å². The molecule has 0 aliphatic carbocycles. The van der Waals surface area contributed by atoms with Gasteiger partial charge in [0.05, 0.1) is 12.8 Å². The number of ether oxygens (including phenoxy) is 2. The highest BCUT2D eigenvalue weighted by Crippen LogP contribution is 2.34. The molecule has 0 fully saturated rings. The van der Waals surface area contributed by atoms with Crippen molar-refractivity contribution in [2.45, 2.75) is 18.3 Å². The van der Waals surface area contributed by atoms with Gasteiger partial charge in [-0.3, -0.25) is 0 Å². The first-order valence-corrected chi connectivity index (χ1v) is 11.9. The van der Waals surface area contributed by atoms with Crippen LogP contribution in [0.15, 0.2) is 71.9 Å². The number of hydrogen-bond acceptors (Lipinski definition) is 7. The second kappa shape index (κ2) is 11.8. The van der Waals surface area contributed by atoms with Crippen LogP contribution in [0.1, 0.15) is 11.1 Å². The monoisotopic (exact) mass is 499 g/mol. The van der Waals surface area contributed by atoms with Crippen molar-refractivity contribution in [3.05, 3.63) is 88.7 Å². The first kappa shape index (κ1) is 24.0. The third-order valence-electron chi connectivity index (χ3n) is 4.94. The molecule has 4 aromatic rings. The van der Waals surface area contributed by atoms with Gasteiger partial charge < -0.3 is 14.8 Å². The van der Waals surface area contributed by atoms with Crippen LogP contribution in [0.5, 0.6) is 11.5 Å². The summed E-state index contributed by atoms with van der Waals surface area (Å²) < 4.78 is 26.8. The standard InChI is InChI=1S/C24H23ClFN5O2S/c1-32-22-13-18(20(25)14-23(22)33-16-17-7-5-6-10-21(17)26)15-27-11-12-34-24-28-29-30-31(24)19-8-3-2-4-9-19/h2-10,13-14,27H,11-12,15-16H2,1H3. The lowest BCUT2D eigenvalue weighted by molar-refractivity contribution is 0.279. The molecule has 0 unspecified atom stereocenters. The summed E-state index contributed by atoms with van der Waals surface area (Å²) in [5.41, 5.74) is 2.25. The molecule has 0 aliphatic rings. The van der Waals surface area contributed by atoms with Crippen LogP contribution in [0.4, 0.5) is 4.39 Å². The minimum Gasteiger partial charge on any atom is -0.493 e. The van der Waals surface area contributed by atoms with E-state index in [4.69, 9.17) is 21.1 Å². The van der Waals surface area contributed by atoms with Gasteiger partial charge in [0.1, 0.15) is 12.4 Å². The molecule has 0 bridgehead atoms. The molecule has 0 amide bonds. The van der Waals surface area contributed by atoms with Crippen molar-refractivity contribution in [3.63, 3.8) is 0 Å². The van der Waals surface area contributed by atoms with Crippen LogP contribution in [0.2, 0.25) is 5.02 Å². The predicted molar refractivity (Wildman–Crippen MR) is 130 cm³/mol. The lowest BCUT2D eigenvalue weighted by Gasteiger charge is -2.14. The van der Waals surface area contributed by atoms with Gasteiger partial charge in [0.15, 0.2) is 11.5 Å². The summed E-state index contributed by atoms with van der Waals surface area (Å²) in [6, 6.07) is 19.8. The highest BCUT2D eigenvalue weighted by molar-refractivity contribution is 7.99. The molecule has 4 rings (SSSR count). The Labute approximate surface area is 206 Å². The number of methoxy groups -OCH3 is 1. The van der Waals surface area contributed by atoms with Crippen LogP contribution in [-0.4, -0.2) is 39.6 Å². The molecule has 1 aromatic heterocycles. The van der Waals surface area contributed by atoms with Crippen molar-refractivity contribution in [1.29, 1.82) is 0 Å². The summed E-state index contributed by atoms with van der Waals surface area (Å²) >= 11 is 8.03. The Balaban J connectivity index is 1.30. The van der Waals surface area contributed by atoms with E-state index in [2.05, 4.69) is 20.8 Å². The fraction of sp³-hybridized carbons (Fsp3) is 0.208. The Morgan fingerprint density at radius 1 is 1.03 bits per heavy atom. The SMILES string of the molecule is COc1cc(CNCCSc2nnnn2-c2ccccc2)c(Cl)cc1OCc1ccccc1F. The highest BCUT2D eigenvalue weighted by atomic mass is 35.5. The Bertz CT molecular complexity index is 1230. The molecule has 176 valence electrons. The van der Waals surface area contributed by atoms with E-state index in [-0.39, 0.29) is 12.4 Å². The molecule has 0 spiro atoms. The maximum Gasteiger partial charge on any atom is 0.214 e. The first-order chi connectivity index (χ1) is 16.7. The lowest BCUT2D eigenvalue weighted by Crippen LogP contribution is -2.17. The first-order valence-electron chi connectivity index (χ1n) is 10.6. The Hall–Kier alpha value is -3.14. The largest absolute Gasteiger partial charge is 0.493 e. The van der Waals surface area contributed by atoms with Crippen molar-refractivity contribution >= 4 is 23.4 Å². The minimum absolute atomic E-state index is 0.0800. The average Bonchev–Trinajstić information content (AvgIpc) is 3.33. The molecule has 0 saturated heterocycles. The smallest absolute Gasteiger partial charge is 0.214 e. The number of nitrogens with one attached hydrogen (secondary N) is 1. The number of para-hydroxylation sites is 1. The van der Waals surface area contributed by atoms with Crippen molar-refractivity contribution in [2.75, 3.05) is 19.4 Å². The van der Waals surface area contributed by atoms with Crippen molar-refractivity contribution < 1.29 is 13.9 Å².